The van der Waals surface area contributed by atoms with Crippen LogP contribution in [0.4, 0.5) is 0 Å². The van der Waals surface area contributed by atoms with Gasteiger partial charge in [-0.25, -0.2) is 4.98 Å². The normalized spacial score (nSPS) is 11.0. The second-order valence-corrected chi connectivity index (χ2v) is 5.98. The predicted molar refractivity (Wildman–Crippen MR) is 99.0 cm³/mol. The van der Waals surface area contributed by atoms with Gasteiger partial charge in [-0.05, 0) is 36.4 Å². The van der Waals surface area contributed by atoms with E-state index in [1.54, 1.807) is 12.1 Å². The van der Waals surface area contributed by atoms with Crippen molar-refractivity contribution in [1.82, 2.24) is 14.0 Å². The Bertz CT molecular complexity index is 1410. The van der Waals surface area contributed by atoms with Crippen LogP contribution < -0.4 is 0 Å². The Kier molecular flexibility index (Phi) is 2.86. The maximum Gasteiger partial charge on any atom is 0.220 e. The monoisotopic (exact) mass is 333 g/mol. The van der Waals surface area contributed by atoms with Gasteiger partial charge >= 0.3 is 0 Å². The number of para-hydroxylation sites is 4. The average molecular weight is 333 g/mol. The maximum atomic E-state index is 9.67. The molecular weight excluding hydrogens is 322 g/mol. The van der Waals surface area contributed by atoms with Crippen molar-refractivity contribution in [1.29, 1.82) is 10.5 Å². The first-order valence-electron chi connectivity index (χ1n) is 8.13. The van der Waals surface area contributed by atoms with Crippen molar-refractivity contribution in [2.24, 2.45) is 0 Å². The Morgan fingerprint density at radius 1 is 0.731 bits per heavy atom. The standard InChI is InChI=1S/C21H11N5/c22-12-14-6-5-11-17(15(14)13-23)25-19-9-3-4-10-20(19)26-18-8-2-1-7-16(18)24-21(25)26/h1-11H. The highest BCUT2D eigenvalue weighted by Crippen LogP contribution is 2.30. The van der Waals surface area contributed by atoms with Crippen molar-refractivity contribution < 1.29 is 0 Å². The summed E-state index contributed by atoms with van der Waals surface area (Å²) in [5, 5.41) is 19.1. The van der Waals surface area contributed by atoms with Crippen molar-refractivity contribution in [3.63, 3.8) is 0 Å². The first kappa shape index (κ1) is 14.3. The molecule has 0 fully saturated rings. The molecule has 5 rings (SSSR count). The molecule has 2 heterocycles. The Morgan fingerprint density at radius 2 is 1.46 bits per heavy atom. The van der Waals surface area contributed by atoms with E-state index in [1.807, 2.05) is 59.2 Å². The van der Waals surface area contributed by atoms with Gasteiger partial charge in [0.25, 0.3) is 0 Å². The van der Waals surface area contributed by atoms with Gasteiger partial charge in [0.15, 0.2) is 0 Å². The zero-order valence-corrected chi connectivity index (χ0v) is 13.6. The minimum atomic E-state index is 0.352. The molecule has 0 amide bonds. The van der Waals surface area contributed by atoms with Crippen molar-refractivity contribution in [3.05, 3.63) is 77.9 Å². The van der Waals surface area contributed by atoms with Crippen LogP contribution in [0.2, 0.25) is 0 Å². The van der Waals surface area contributed by atoms with Crippen molar-refractivity contribution >= 4 is 27.8 Å². The molecule has 2 aromatic heterocycles. The minimum Gasteiger partial charge on any atom is -0.277 e. The molecule has 5 aromatic rings. The maximum absolute atomic E-state index is 9.67. The van der Waals surface area contributed by atoms with E-state index in [9.17, 15) is 10.5 Å². The highest BCUT2D eigenvalue weighted by atomic mass is 15.2. The largest absolute Gasteiger partial charge is 0.277 e. The molecule has 0 unspecified atom stereocenters. The molecule has 120 valence electrons. The predicted octanol–water partition coefficient (Wildman–Crippen LogP) is 4.17. The van der Waals surface area contributed by atoms with Gasteiger partial charge in [-0.3, -0.25) is 8.97 Å². The van der Waals surface area contributed by atoms with Gasteiger partial charge in [0.1, 0.15) is 12.1 Å². The van der Waals surface area contributed by atoms with Crippen LogP contribution in [-0.4, -0.2) is 14.0 Å². The van der Waals surface area contributed by atoms with Crippen LogP contribution in [0.3, 0.4) is 0 Å². The Balaban J connectivity index is 2.04. The molecule has 5 nitrogen and oxygen atoms in total. The number of nitrogens with zero attached hydrogens (tertiary/aromatic N) is 5. The Labute approximate surface area is 148 Å². The SMILES string of the molecule is N#Cc1cccc(-n2c3ccccc3n3c4ccccc4nc23)c1C#N. The van der Waals surface area contributed by atoms with E-state index < -0.39 is 0 Å². The number of nitriles is 2. The molecule has 3 aromatic carbocycles. The topological polar surface area (TPSA) is 69.8 Å². The summed E-state index contributed by atoms with van der Waals surface area (Å²) in [6.45, 7) is 0. The lowest BCUT2D eigenvalue weighted by Gasteiger charge is -2.08. The highest BCUT2D eigenvalue weighted by Gasteiger charge is 2.19. The molecule has 0 atom stereocenters. The first-order valence-corrected chi connectivity index (χ1v) is 8.13. The van der Waals surface area contributed by atoms with Crippen LogP contribution in [0, 0.1) is 22.7 Å². The highest BCUT2D eigenvalue weighted by molar-refractivity contribution is 5.92. The van der Waals surface area contributed by atoms with Crippen molar-refractivity contribution in [3.8, 4) is 17.8 Å². The van der Waals surface area contributed by atoms with Crippen LogP contribution in [-0.2, 0) is 0 Å². The zero-order chi connectivity index (χ0) is 17.7. The molecular formula is C21H11N5. The Morgan fingerprint density at radius 3 is 2.23 bits per heavy atom. The molecule has 0 bridgehead atoms. The summed E-state index contributed by atoms with van der Waals surface area (Å²) in [6.07, 6.45) is 0. The van der Waals surface area contributed by atoms with Gasteiger partial charge < -0.3 is 0 Å². The number of fused-ring (bicyclic) bond motifs is 5. The summed E-state index contributed by atoms with van der Waals surface area (Å²) in [7, 11) is 0. The van der Waals surface area contributed by atoms with Gasteiger partial charge in [-0.15, -0.1) is 0 Å². The number of benzene rings is 3. The summed E-state index contributed by atoms with van der Waals surface area (Å²) >= 11 is 0. The van der Waals surface area contributed by atoms with Gasteiger partial charge in [0.05, 0.1) is 38.9 Å². The van der Waals surface area contributed by atoms with E-state index in [0.717, 1.165) is 27.8 Å². The number of rotatable bonds is 1. The third-order valence-electron chi connectivity index (χ3n) is 4.62. The lowest BCUT2D eigenvalue weighted by atomic mass is 10.1. The lowest BCUT2D eigenvalue weighted by molar-refractivity contribution is 1.10. The number of imidazole rings is 2. The fraction of sp³-hybridized carbons (Fsp3) is 0. The summed E-state index contributed by atoms with van der Waals surface area (Å²) in [5.41, 5.74) is 5.20. The van der Waals surface area contributed by atoms with Crippen LogP contribution in [0.5, 0.6) is 0 Å². The lowest BCUT2D eigenvalue weighted by Crippen LogP contribution is -2.00. The molecule has 0 saturated carbocycles. The number of hydrogen-bond acceptors (Lipinski definition) is 3. The van der Waals surface area contributed by atoms with E-state index >= 15 is 0 Å². The van der Waals surface area contributed by atoms with Crippen LogP contribution in [0.25, 0.3) is 33.5 Å². The van der Waals surface area contributed by atoms with E-state index in [1.165, 1.54) is 0 Å². The summed E-state index contributed by atoms with van der Waals surface area (Å²) in [4.78, 5) is 4.79. The number of hydrogen-bond donors (Lipinski definition) is 0. The van der Waals surface area contributed by atoms with E-state index in [0.29, 0.717) is 16.8 Å². The molecule has 0 spiro atoms. The quantitative estimate of drug-likeness (QED) is 0.462. The summed E-state index contributed by atoms with van der Waals surface area (Å²) in [5.74, 6) is 0.721. The summed E-state index contributed by atoms with van der Waals surface area (Å²) < 4.78 is 4.04. The van der Waals surface area contributed by atoms with E-state index in [4.69, 9.17) is 4.98 Å². The second kappa shape index (κ2) is 5.20. The molecule has 0 aliphatic rings. The van der Waals surface area contributed by atoms with Gasteiger partial charge in [-0.1, -0.05) is 30.3 Å². The second-order valence-electron chi connectivity index (χ2n) is 5.98. The van der Waals surface area contributed by atoms with Gasteiger partial charge in [0.2, 0.25) is 5.78 Å². The van der Waals surface area contributed by atoms with Gasteiger partial charge in [0, 0.05) is 0 Å². The molecule has 0 radical (unpaired) electrons. The van der Waals surface area contributed by atoms with Crippen LogP contribution in [0.1, 0.15) is 11.1 Å². The van der Waals surface area contributed by atoms with Crippen molar-refractivity contribution in [2.75, 3.05) is 0 Å². The Hall–Kier alpha value is -4.09. The van der Waals surface area contributed by atoms with Crippen LogP contribution in [0.15, 0.2) is 66.7 Å². The third kappa shape index (κ3) is 1.74. The average Bonchev–Trinajstić information content (AvgIpc) is 3.21. The smallest absolute Gasteiger partial charge is 0.220 e. The summed E-state index contributed by atoms with van der Waals surface area (Å²) in [6, 6.07) is 25.5. The molecule has 26 heavy (non-hydrogen) atoms. The van der Waals surface area contributed by atoms with Crippen LogP contribution >= 0.6 is 0 Å². The molecule has 0 aliphatic heterocycles. The third-order valence-corrected chi connectivity index (χ3v) is 4.62. The van der Waals surface area contributed by atoms with E-state index in [-0.39, 0.29) is 0 Å². The fourth-order valence-corrected chi connectivity index (χ4v) is 3.53. The minimum absolute atomic E-state index is 0.352. The molecule has 5 heteroatoms. The van der Waals surface area contributed by atoms with E-state index in [2.05, 4.69) is 16.5 Å². The number of aromatic nitrogens is 3. The first-order chi connectivity index (χ1) is 12.8. The molecule has 0 N–H and O–H groups in total. The van der Waals surface area contributed by atoms with Gasteiger partial charge in [-0.2, -0.15) is 10.5 Å². The van der Waals surface area contributed by atoms with Crippen molar-refractivity contribution in [2.45, 2.75) is 0 Å². The molecule has 0 aliphatic carbocycles. The fourth-order valence-electron chi connectivity index (χ4n) is 3.53. The molecule has 0 saturated heterocycles. The zero-order valence-electron chi connectivity index (χ0n) is 13.6.